The summed E-state index contributed by atoms with van der Waals surface area (Å²) in [6, 6.07) is 0.191. The van der Waals surface area contributed by atoms with E-state index in [2.05, 4.69) is 72.1 Å². The van der Waals surface area contributed by atoms with Gasteiger partial charge in [-0.3, -0.25) is 0 Å². The van der Waals surface area contributed by atoms with Gasteiger partial charge in [0, 0.05) is 34.0 Å². The smallest absolute Gasteiger partial charge is 0.232 e. The predicted molar refractivity (Wildman–Crippen MR) is 133 cm³/mol. The molecule has 6 nitrogen and oxygen atoms in total. The first kappa shape index (κ1) is 24.6. The fourth-order valence-electron chi connectivity index (χ4n) is 6.23. The second-order valence-corrected chi connectivity index (χ2v) is 13.1. The molecule has 2 aliphatic heterocycles. The van der Waals surface area contributed by atoms with Crippen LogP contribution in [0.1, 0.15) is 101 Å². The topological polar surface area (TPSA) is 71.2 Å². The number of hydrogen-bond donors (Lipinski definition) is 1. The fraction of sp³-hybridized carbons (Fsp3) is 0.875. The van der Waals surface area contributed by atoms with E-state index >= 15 is 0 Å². The van der Waals surface area contributed by atoms with Crippen LogP contribution in [0, 0.1) is 0 Å². The molecule has 0 aromatic carbocycles. The van der Waals surface area contributed by atoms with Crippen molar-refractivity contribution < 1.29 is 0 Å². The highest BCUT2D eigenvalue weighted by Crippen LogP contribution is 2.44. The highest BCUT2D eigenvalue weighted by Gasteiger charge is 2.47. The normalized spacial score (nSPS) is 25.0. The van der Waals surface area contributed by atoms with Gasteiger partial charge in [0.25, 0.3) is 0 Å². The van der Waals surface area contributed by atoms with Crippen LogP contribution in [0.15, 0.2) is 5.16 Å². The zero-order valence-corrected chi connectivity index (χ0v) is 22.1. The summed E-state index contributed by atoms with van der Waals surface area (Å²) in [7, 11) is 0. The first-order chi connectivity index (χ1) is 14.2. The van der Waals surface area contributed by atoms with Gasteiger partial charge in [-0.15, -0.1) is 0 Å². The highest BCUT2D eigenvalue weighted by atomic mass is 32.2. The standard InChI is InChI=1S/C24H44N6S/c1-10-14-31-20-27-18(29-21(2,3)12-11-13-22(29,4)5)26-19(28-20)30-23(6,7)15-17(25)16-24(30,8)9/h17H,10-16,25H2,1-9H3. The van der Waals surface area contributed by atoms with Gasteiger partial charge in [-0.05, 0) is 93.9 Å². The average molecular weight is 449 g/mol. The number of anilines is 2. The third-order valence-electron chi connectivity index (χ3n) is 6.95. The molecule has 0 radical (unpaired) electrons. The number of piperidine rings is 2. The first-order valence-corrected chi connectivity index (χ1v) is 12.9. The van der Waals surface area contributed by atoms with Crippen molar-refractivity contribution in [1.82, 2.24) is 15.0 Å². The van der Waals surface area contributed by atoms with Gasteiger partial charge >= 0.3 is 0 Å². The van der Waals surface area contributed by atoms with Crippen LogP contribution in [0.4, 0.5) is 11.9 Å². The Morgan fingerprint density at radius 2 is 1.26 bits per heavy atom. The minimum Gasteiger partial charge on any atom is -0.330 e. The molecule has 2 N–H and O–H groups in total. The predicted octanol–water partition coefficient (Wildman–Crippen LogP) is 5.41. The zero-order chi connectivity index (χ0) is 23.2. The second-order valence-electron chi connectivity index (χ2n) is 12.0. The van der Waals surface area contributed by atoms with E-state index in [1.54, 1.807) is 11.8 Å². The molecule has 0 saturated carbocycles. The summed E-state index contributed by atoms with van der Waals surface area (Å²) in [5, 5.41) is 0.834. The lowest BCUT2D eigenvalue weighted by atomic mass is 9.77. The lowest BCUT2D eigenvalue weighted by Gasteiger charge is -2.55. The van der Waals surface area contributed by atoms with Gasteiger partial charge in [-0.25, -0.2) is 0 Å². The number of rotatable bonds is 5. The summed E-state index contributed by atoms with van der Waals surface area (Å²) in [6.45, 7) is 20.6. The lowest BCUT2D eigenvalue weighted by Crippen LogP contribution is -2.64. The van der Waals surface area contributed by atoms with Crippen LogP contribution in [0.25, 0.3) is 0 Å². The molecule has 0 amide bonds. The van der Waals surface area contributed by atoms with Crippen LogP contribution in [0.3, 0.4) is 0 Å². The van der Waals surface area contributed by atoms with Gasteiger partial charge in [0.05, 0.1) is 0 Å². The summed E-state index contributed by atoms with van der Waals surface area (Å²) < 4.78 is 0. The first-order valence-electron chi connectivity index (χ1n) is 11.9. The van der Waals surface area contributed by atoms with Crippen molar-refractivity contribution in [2.24, 2.45) is 5.73 Å². The van der Waals surface area contributed by atoms with Crippen molar-refractivity contribution in [3.05, 3.63) is 0 Å². The van der Waals surface area contributed by atoms with E-state index in [9.17, 15) is 0 Å². The average Bonchev–Trinajstić information content (AvgIpc) is 2.55. The molecule has 7 heteroatoms. The molecule has 0 spiro atoms. The zero-order valence-electron chi connectivity index (χ0n) is 21.2. The van der Waals surface area contributed by atoms with Crippen molar-refractivity contribution in [2.45, 2.75) is 134 Å². The van der Waals surface area contributed by atoms with Crippen molar-refractivity contribution in [3.63, 3.8) is 0 Å². The molecule has 31 heavy (non-hydrogen) atoms. The van der Waals surface area contributed by atoms with E-state index < -0.39 is 0 Å². The van der Waals surface area contributed by atoms with Crippen molar-refractivity contribution >= 4 is 23.7 Å². The molecule has 0 bridgehead atoms. The molecule has 1 aromatic heterocycles. The number of thioether (sulfide) groups is 1. The van der Waals surface area contributed by atoms with E-state index in [0.717, 1.165) is 54.9 Å². The fourth-order valence-corrected chi connectivity index (χ4v) is 6.91. The third kappa shape index (κ3) is 4.97. The summed E-state index contributed by atoms with van der Waals surface area (Å²) in [5.74, 6) is 2.62. The molecule has 2 fully saturated rings. The minimum atomic E-state index is -0.126. The molecule has 1 aromatic rings. The number of aromatic nitrogens is 3. The molecular weight excluding hydrogens is 404 g/mol. The van der Waals surface area contributed by atoms with E-state index in [4.69, 9.17) is 20.7 Å². The van der Waals surface area contributed by atoms with Crippen LogP contribution in [0.2, 0.25) is 0 Å². The van der Waals surface area contributed by atoms with Gasteiger partial charge < -0.3 is 15.5 Å². The van der Waals surface area contributed by atoms with Crippen molar-refractivity contribution in [3.8, 4) is 0 Å². The van der Waals surface area contributed by atoms with Crippen LogP contribution >= 0.6 is 11.8 Å². The van der Waals surface area contributed by atoms with Crippen LogP contribution in [-0.4, -0.2) is 48.9 Å². The van der Waals surface area contributed by atoms with E-state index in [1.807, 2.05) is 0 Å². The van der Waals surface area contributed by atoms with E-state index in [0.29, 0.717) is 0 Å². The summed E-state index contributed by atoms with van der Waals surface area (Å²) >= 11 is 1.74. The molecule has 3 heterocycles. The minimum absolute atomic E-state index is 0.00234. The molecule has 176 valence electrons. The molecule has 0 unspecified atom stereocenters. The van der Waals surface area contributed by atoms with Gasteiger partial charge in [-0.1, -0.05) is 18.7 Å². The lowest BCUT2D eigenvalue weighted by molar-refractivity contribution is 0.214. The molecule has 2 saturated heterocycles. The van der Waals surface area contributed by atoms with Crippen molar-refractivity contribution in [2.75, 3.05) is 15.6 Å². The van der Waals surface area contributed by atoms with E-state index in [1.165, 1.54) is 6.42 Å². The Bertz CT molecular complexity index is 754. The maximum Gasteiger partial charge on any atom is 0.232 e. The van der Waals surface area contributed by atoms with Gasteiger partial charge in [0.15, 0.2) is 5.16 Å². The van der Waals surface area contributed by atoms with Crippen LogP contribution in [0.5, 0.6) is 0 Å². The van der Waals surface area contributed by atoms with Crippen molar-refractivity contribution in [1.29, 1.82) is 0 Å². The van der Waals surface area contributed by atoms with E-state index in [-0.39, 0.29) is 28.2 Å². The molecule has 3 rings (SSSR count). The Morgan fingerprint density at radius 1 is 0.806 bits per heavy atom. The Hall–Kier alpha value is -1.08. The molecule has 2 aliphatic rings. The Morgan fingerprint density at radius 3 is 1.71 bits per heavy atom. The van der Waals surface area contributed by atoms with Crippen LogP contribution in [-0.2, 0) is 0 Å². The van der Waals surface area contributed by atoms with Gasteiger partial charge in [0.2, 0.25) is 11.9 Å². The maximum absolute atomic E-state index is 6.45. The number of hydrogen-bond acceptors (Lipinski definition) is 7. The third-order valence-corrected chi connectivity index (χ3v) is 8.00. The Labute approximate surface area is 194 Å². The monoisotopic (exact) mass is 448 g/mol. The summed E-state index contributed by atoms with van der Waals surface area (Å²) in [6.07, 6.45) is 6.47. The maximum atomic E-state index is 6.45. The highest BCUT2D eigenvalue weighted by molar-refractivity contribution is 7.99. The van der Waals surface area contributed by atoms with Gasteiger partial charge in [-0.2, -0.15) is 15.0 Å². The Kier molecular flexibility index (Phi) is 6.63. The second kappa shape index (κ2) is 8.36. The summed E-state index contributed by atoms with van der Waals surface area (Å²) in [4.78, 5) is 20.0. The number of nitrogens with zero attached hydrogens (tertiary/aromatic N) is 5. The summed E-state index contributed by atoms with van der Waals surface area (Å²) in [5.41, 5.74) is 6.20. The largest absolute Gasteiger partial charge is 0.330 e. The molecular formula is C24H44N6S. The molecule has 0 atom stereocenters. The van der Waals surface area contributed by atoms with Crippen LogP contribution < -0.4 is 15.5 Å². The number of nitrogens with two attached hydrogens (primary N) is 1. The Balaban J connectivity index is 2.15. The SMILES string of the molecule is CCCSc1nc(N2C(C)(C)CCCC2(C)C)nc(N2C(C)(C)CC(N)CC2(C)C)n1. The molecule has 0 aliphatic carbocycles. The van der Waals surface area contributed by atoms with Gasteiger partial charge in [0.1, 0.15) is 0 Å². The quantitative estimate of drug-likeness (QED) is 0.604.